The van der Waals surface area contributed by atoms with Crippen LogP contribution in [-0.4, -0.2) is 22.4 Å². The fraction of sp³-hybridized carbons (Fsp3) is 0.133. The van der Waals surface area contributed by atoms with E-state index >= 15 is 0 Å². The number of nitrogens with one attached hydrogen (secondary N) is 1. The van der Waals surface area contributed by atoms with Gasteiger partial charge in [0.25, 0.3) is 0 Å². The first-order valence-electron chi connectivity index (χ1n) is 6.20. The number of hydrogen-bond acceptors (Lipinski definition) is 3. The van der Waals surface area contributed by atoms with Gasteiger partial charge in [-0.1, -0.05) is 29.8 Å². The van der Waals surface area contributed by atoms with Gasteiger partial charge in [0.15, 0.2) is 0 Å². The lowest BCUT2D eigenvalue weighted by Crippen LogP contribution is -2.23. The molecule has 0 radical (unpaired) electrons. The molecule has 1 aromatic carbocycles. The Balaban J connectivity index is 1.80. The number of halogens is 1. The molecule has 0 saturated carbocycles. The highest BCUT2D eigenvalue weighted by Gasteiger charge is 1.98. The van der Waals surface area contributed by atoms with Crippen molar-refractivity contribution < 1.29 is 4.79 Å². The SMILES string of the molecule is O=C(/C=C/c1ccccc1Cl)NCCc1cncnc1. The number of carbonyl (C=O) groups excluding carboxylic acids is 1. The zero-order valence-corrected chi connectivity index (χ0v) is 11.5. The van der Waals surface area contributed by atoms with Crippen molar-refractivity contribution in [1.82, 2.24) is 15.3 Å². The lowest BCUT2D eigenvalue weighted by Gasteiger charge is -2.02. The molecule has 0 saturated heterocycles. The van der Waals surface area contributed by atoms with E-state index in [2.05, 4.69) is 15.3 Å². The first-order chi connectivity index (χ1) is 9.75. The van der Waals surface area contributed by atoms with Crippen LogP contribution in [0.4, 0.5) is 0 Å². The third-order valence-corrected chi connectivity index (χ3v) is 2.99. The molecule has 0 bridgehead atoms. The largest absolute Gasteiger partial charge is 0.352 e. The van der Waals surface area contributed by atoms with E-state index in [0.717, 1.165) is 11.1 Å². The molecule has 5 heteroatoms. The van der Waals surface area contributed by atoms with E-state index in [-0.39, 0.29) is 5.91 Å². The number of aromatic nitrogens is 2. The standard InChI is InChI=1S/C15H14ClN3O/c16-14-4-2-1-3-13(14)5-6-15(20)19-8-7-12-9-17-11-18-10-12/h1-6,9-11H,7-8H2,(H,19,20)/b6-5+. The minimum atomic E-state index is -0.151. The molecule has 0 spiro atoms. The summed E-state index contributed by atoms with van der Waals surface area (Å²) in [5.41, 5.74) is 1.81. The van der Waals surface area contributed by atoms with Gasteiger partial charge < -0.3 is 5.32 Å². The minimum absolute atomic E-state index is 0.151. The summed E-state index contributed by atoms with van der Waals surface area (Å²) in [4.78, 5) is 19.5. The first kappa shape index (κ1) is 14.2. The smallest absolute Gasteiger partial charge is 0.244 e. The topological polar surface area (TPSA) is 54.9 Å². The molecule has 1 N–H and O–H groups in total. The monoisotopic (exact) mass is 287 g/mol. The van der Waals surface area contributed by atoms with Crippen molar-refractivity contribution >= 4 is 23.6 Å². The minimum Gasteiger partial charge on any atom is -0.352 e. The molecular formula is C15H14ClN3O. The second-order valence-corrected chi connectivity index (χ2v) is 4.55. The summed E-state index contributed by atoms with van der Waals surface area (Å²) in [5, 5.41) is 3.42. The molecule has 1 aromatic heterocycles. The van der Waals surface area contributed by atoms with E-state index in [9.17, 15) is 4.79 Å². The van der Waals surface area contributed by atoms with Crippen LogP contribution in [0.15, 0.2) is 49.1 Å². The molecule has 0 aliphatic carbocycles. The summed E-state index contributed by atoms with van der Waals surface area (Å²) in [6.07, 6.45) is 8.82. The van der Waals surface area contributed by atoms with Crippen molar-refractivity contribution in [3.05, 3.63) is 65.2 Å². The van der Waals surface area contributed by atoms with Crippen molar-refractivity contribution in [3.8, 4) is 0 Å². The summed E-state index contributed by atoms with van der Waals surface area (Å²) in [5.74, 6) is -0.151. The maximum absolute atomic E-state index is 11.6. The fourth-order valence-corrected chi connectivity index (χ4v) is 1.82. The fourth-order valence-electron chi connectivity index (χ4n) is 1.62. The summed E-state index contributed by atoms with van der Waals surface area (Å²) < 4.78 is 0. The predicted molar refractivity (Wildman–Crippen MR) is 79.2 cm³/mol. The van der Waals surface area contributed by atoms with Crippen molar-refractivity contribution in [2.45, 2.75) is 6.42 Å². The van der Waals surface area contributed by atoms with E-state index in [1.165, 1.54) is 12.4 Å². The highest BCUT2D eigenvalue weighted by molar-refractivity contribution is 6.32. The molecule has 2 rings (SSSR count). The van der Waals surface area contributed by atoms with Gasteiger partial charge in [-0.2, -0.15) is 0 Å². The average Bonchev–Trinajstić information content (AvgIpc) is 2.47. The molecule has 102 valence electrons. The Morgan fingerprint density at radius 2 is 2.00 bits per heavy atom. The van der Waals surface area contributed by atoms with Gasteiger partial charge >= 0.3 is 0 Å². The van der Waals surface area contributed by atoms with E-state index in [0.29, 0.717) is 18.0 Å². The Bertz CT molecular complexity index is 599. The summed E-state index contributed by atoms with van der Waals surface area (Å²) in [7, 11) is 0. The van der Waals surface area contributed by atoms with Crippen LogP contribution in [0.1, 0.15) is 11.1 Å². The molecule has 20 heavy (non-hydrogen) atoms. The van der Waals surface area contributed by atoms with Crippen LogP contribution in [0, 0.1) is 0 Å². The molecule has 2 aromatic rings. The number of rotatable bonds is 5. The normalized spacial score (nSPS) is 10.7. The molecule has 0 aliphatic heterocycles. The van der Waals surface area contributed by atoms with E-state index in [1.54, 1.807) is 24.5 Å². The third-order valence-electron chi connectivity index (χ3n) is 2.65. The van der Waals surface area contributed by atoms with Gasteiger partial charge in [-0.15, -0.1) is 0 Å². The average molecular weight is 288 g/mol. The third kappa shape index (κ3) is 4.48. The van der Waals surface area contributed by atoms with Gasteiger partial charge in [0.1, 0.15) is 6.33 Å². The van der Waals surface area contributed by atoms with Crippen LogP contribution < -0.4 is 5.32 Å². The van der Waals surface area contributed by atoms with Crippen LogP contribution in [0.25, 0.3) is 6.08 Å². The molecular weight excluding hydrogens is 274 g/mol. The second-order valence-electron chi connectivity index (χ2n) is 4.14. The maximum Gasteiger partial charge on any atom is 0.244 e. The van der Waals surface area contributed by atoms with E-state index in [4.69, 9.17) is 11.6 Å². The lowest BCUT2D eigenvalue weighted by atomic mass is 10.2. The molecule has 4 nitrogen and oxygen atoms in total. The molecule has 0 aliphatic rings. The lowest BCUT2D eigenvalue weighted by molar-refractivity contribution is -0.116. The number of amides is 1. The van der Waals surface area contributed by atoms with E-state index < -0.39 is 0 Å². The van der Waals surface area contributed by atoms with Gasteiger partial charge in [-0.3, -0.25) is 4.79 Å². The highest BCUT2D eigenvalue weighted by atomic mass is 35.5. The number of benzene rings is 1. The molecule has 0 fully saturated rings. The molecule has 0 atom stereocenters. The van der Waals surface area contributed by atoms with Gasteiger partial charge in [0, 0.05) is 30.0 Å². The number of hydrogen-bond donors (Lipinski definition) is 1. The Kier molecular flexibility index (Phi) is 5.26. The van der Waals surface area contributed by atoms with Gasteiger partial charge in [0.05, 0.1) is 0 Å². The van der Waals surface area contributed by atoms with Crippen LogP contribution in [0.3, 0.4) is 0 Å². The van der Waals surface area contributed by atoms with Crippen LogP contribution in [-0.2, 0) is 11.2 Å². The Labute approximate surface area is 122 Å². The van der Waals surface area contributed by atoms with Gasteiger partial charge in [-0.05, 0) is 29.7 Å². The van der Waals surface area contributed by atoms with Crippen LogP contribution in [0.5, 0.6) is 0 Å². The highest BCUT2D eigenvalue weighted by Crippen LogP contribution is 2.15. The number of nitrogens with zero attached hydrogens (tertiary/aromatic N) is 2. The van der Waals surface area contributed by atoms with Crippen molar-refractivity contribution in [3.63, 3.8) is 0 Å². The summed E-state index contributed by atoms with van der Waals surface area (Å²) >= 11 is 6.00. The molecule has 1 amide bonds. The second kappa shape index (κ2) is 7.40. The maximum atomic E-state index is 11.6. The molecule has 0 unspecified atom stereocenters. The Hall–Kier alpha value is -2.20. The quantitative estimate of drug-likeness (QED) is 0.860. The Morgan fingerprint density at radius 1 is 1.25 bits per heavy atom. The number of carbonyl (C=O) groups is 1. The van der Waals surface area contributed by atoms with Gasteiger partial charge in [0.2, 0.25) is 5.91 Å². The summed E-state index contributed by atoms with van der Waals surface area (Å²) in [6.45, 7) is 0.541. The predicted octanol–water partition coefficient (Wildman–Crippen LogP) is 2.50. The molecule has 1 heterocycles. The zero-order chi connectivity index (χ0) is 14.2. The van der Waals surface area contributed by atoms with Gasteiger partial charge in [-0.25, -0.2) is 9.97 Å². The van der Waals surface area contributed by atoms with Crippen molar-refractivity contribution in [2.75, 3.05) is 6.54 Å². The zero-order valence-electron chi connectivity index (χ0n) is 10.8. The van der Waals surface area contributed by atoms with E-state index in [1.807, 2.05) is 18.2 Å². The van der Waals surface area contributed by atoms with Crippen molar-refractivity contribution in [2.24, 2.45) is 0 Å². The first-order valence-corrected chi connectivity index (χ1v) is 6.58. The van der Waals surface area contributed by atoms with Crippen molar-refractivity contribution in [1.29, 1.82) is 0 Å². The Morgan fingerprint density at radius 3 is 2.75 bits per heavy atom. The summed E-state index contributed by atoms with van der Waals surface area (Å²) in [6, 6.07) is 7.36. The van der Waals surface area contributed by atoms with Crippen LogP contribution in [0.2, 0.25) is 5.02 Å². The van der Waals surface area contributed by atoms with Crippen LogP contribution >= 0.6 is 11.6 Å².